The molecule has 0 saturated heterocycles. The van der Waals surface area contributed by atoms with Crippen molar-refractivity contribution in [2.24, 2.45) is 5.10 Å². The maximum atomic E-state index is 12.2. The smallest absolute Gasteiger partial charge is 0.335 e. The van der Waals surface area contributed by atoms with Gasteiger partial charge in [0.25, 0.3) is 5.56 Å². The van der Waals surface area contributed by atoms with Crippen molar-refractivity contribution in [2.75, 3.05) is 12.5 Å². The molecule has 9 heteroatoms. The van der Waals surface area contributed by atoms with Gasteiger partial charge in [-0.2, -0.15) is 10.4 Å². The Morgan fingerprint density at radius 1 is 1.31 bits per heavy atom. The van der Waals surface area contributed by atoms with Crippen LogP contribution in [0.3, 0.4) is 0 Å². The Morgan fingerprint density at radius 2 is 2.07 bits per heavy atom. The van der Waals surface area contributed by atoms with Crippen LogP contribution in [0.5, 0.6) is 5.75 Å². The number of nitriles is 1. The van der Waals surface area contributed by atoms with Crippen molar-refractivity contribution in [1.29, 1.82) is 5.26 Å². The minimum Gasteiger partial charge on any atom is -0.496 e. The number of methoxy groups -OCH3 is 1. The Hall–Kier alpha value is -4.45. The Balaban J connectivity index is 1.93. The minimum absolute atomic E-state index is 0.0254. The Labute approximate surface area is 164 Å². The fourth-order valence-corrected chi connectivity index (χ4v) is 2.57. The quantitative estimate of drug-likeness (QED) is 0.434. The maximum Gasteiger partial charge on any atom is 0.335 e. The van der Waals surface area contributed by atoms with Gasteiger partial charge < -0.3 is 9.84 Å². The molecule has 0 aliphatic rings. The van der Waals surface area contributed by atoms with E-state index >= 15 is 0 Å². The number of aromatic nitrogens is 2. The number of hydrazone groups is 1. The van der Waals surface area contributed by atoms with Crippen LogP contribution >= 0.6 is 0 Å². The highest BCUT2D eigenvalue weighted by atomic mass is 16.5. The topological polar surface area (TPSA) is 140 Å². The number of benzene rings is 2. The van der Waals surface area contributed by atoms with E-state index in [1.54, 1.807) is 24.3 Å². The lowest BCUT2D eigenvalue weighted by Crippen LogP contribution is -2.16. The fraction of sp³-hybridized carbons (Fsp3) is 0.0500. The average Bonchev–Trinajstić information content (AvgIpc) is 2.73. The van der Waals surface area contributed by atoms with Crippen LogP contribution in [0.4, 0.5) is 5.95 Å². The molecule has 1 aromatic heterocycles. The molecule has 3 aromatic rings. The van der Waals surface area contributed by atoms with E-state index < -0.39 is 11.5 Å². The molecule has 3 rings (SSSR count). The maximum absolute atomic E-state index is 12.2. The zero-order valence-electron chi connectivity index (χ0n) is 15.2. The van der Waals surface area contributed by atoms with Crippen molar-refractivity contribution in [3.63, 3.8) is 0 Å². The van der Waals surface area contributed by atoms with Crippen LogP contribution in [-0.2, 0) is 0 Å². The molecular weight excluding hydrogens is 374 g/mol. The van der Waals surface area contributed by atoms with Crippen LogP contribution in [0, 0.1) is 11.3 Å². The van der Waals surface area contributed by atoms with E-state index in [2.05, 4.69) is 20.5 Å². The summed E-state index contributed by atoms with van der Waals surface area (Å²) < 4.78 is 5.19. The number of ether oxygens (including phenoxy) is 1. The van der Waals surface area contributed by atoms with Crippen molar-refractivity contribution in [1.82, 2.24) is 9.97 Å². The third-order valence-electron chi connectivity index (χ3n) is 3.93. The predicted octanol–water partition coefficient (Wildman–Crippen LogP) is 2.46. The SMILES string of the molecule is COc1ccc(C(=O)O)cc1C=NNc1nc(-c2ccccc2)c(C#N)c(=O)[nH]1. The van der Waals surface area contributed by atoms with E-state index in [1.807, 2.05) is 12.1 Å². The average molecular weight is 389 g/mol. The van der Waals surface area contributed by atoms with E-state index in [9.17, 15) is 14.9 Å². The van der Waals surface area contributed by atoms with E-state index in [0.717, 1.165) is 0 Å². The van der Waals surface area contributed by atoms with Crippen LogP contribution in [0.2, 0.25) is 0 Å². The number of carboxylic acid groups (broad SMARTS) is 1. The standard InChI is InChI=1S/C20H15N5O4/c1-29-16-8-7-13(19(27)28)9-14(16)11-22-25-20-23-17(12-5-3-2-4-6-12)15(10-21)18(26)24-20/h2-9,11H,1H3,(H,27,28)(H2,23,24,25,26). The van der Waals surface area contributed by atoms with Gasteiger partial charge in [0.1, 0.15) is 17.4 Å². The largest absolute Gasteiger partial charge is 0.496 e. The van der Waals surface area contributed by atoms with Gasteiger partial charge in [-0.3, -0.25) is 9.78 Å². The molecule has 0 fully saturated rings. The summed E-state index contributed by atoms with van der Waals surface area (Å²) in [5.74, 6) is -0.634. The minimum atomic E-state index is -1.08. The molecule has 0 spiro atoms. The number of carbonyl (C=O) groups is 1. The summed E-state index contributed by atoms with van der Waals surface area (Å²) in [5, 5.41) is 22.4. The van der Waals surface area contributed by atoms with Gasteiger partial charge in [0.2, 0.25) is 5.95 Å². The predicted molar refractivity (Wildman–Crippen MR) is 106 cm³/mol. The van der Waals surface area contributed by atoms with Gasteiger partial charge >= 0.3 is 5.97 Å². The van der Waals surface area contributed by atoms with E-state index in [4.69, 9.17) is 9.84 Å². The van der Waals surface area contributed by atoms with Crippen LogP contribution in [-0.4, -0.2) is 34.4 Å². The third kappa shape index (κ3) is 4.28. The Morgan fingerprint density at radius 3 is 2.72 bits per heavy atom. The van der Waals surface area contributed by atoms with Crippen molar-refractivity contribution >= 4 is 18.1 Å². The van der Waals surface area contributed by atoms with Gasteiger partial charge in [0.05, 0.1) is 24.6 Å². The Bertz CT molecular complexity index is 1180. The first-order valence-electron chi connectivity index (χ1n) is 8.33. The zero-order valence-corrected chi connectivity index (χ0v) is 15.2. The molecule has 0 unspecified atom stereocenters. The molecule has 0 bridgehead atoms. The molecule has 1 heterocycles. The number of nitrogens with zero attached hydrogens (tertiary/aromatic N) is 3. The lowest BCUT2D eigenvalue weighted by molar-refractivity contribution is 0.0697. The van der Waals surface area contributed by atoms with Crippen LogP contribution < -0.4 is 15.7 Å². The first kappa shape index (κ1) is 19.3. The highest BCUT2D eigenvalue weighted by Crippen LogP contribution is 2.20. The summed E-state index contributed by atoms with van der Waals surface area (Å²) in [5.41, 5.74) is 3.19. The first-order chi connectivity index (χ1) is 14.0. The molecule has 0 aliphatic heterocycles. The number of H-pyrrole nitrogens is 1. The van der Waals surface area contributed by atoms with E-state index in [1.165, 1.54) is 31.5 Å². The normalized spacial score (nSPS) is 10.5. The number of nitrogens with one attached hydrogen (secondary N) is 2. The van der Waals surface area contributed by atoms with Crippen molar-refractivity contribution in [3.8, 4) is 23.1 Å². The lowest BCUT2D eigenvalue weighted by Gasteiger charge is -2.07. The van der Waals surface area contributed by atoms with Gasteiger partial charge in [-0.1, -0.05) is 30.3 Å². The van der Waals surface area contributed by atoms with Crippen LogP contribution in [0.1, 0.15) is 21.5 Å². The summed E-state index contributed by atoms with van der Waals surface area (Å²) in [6, 6.07) is 15.0. The molecule has 0 amide bonds. The highest BCUT2D eigenvalue weighted by Gasteiger charge is 2.13. The van der Waals surface area contributed by atoms with E-state index in [-0.39, 0.29) is 22.8 Å². The molecule has 0 radical (unpaired) electrons. The first-order valence-corrected chi connectivity index (χ1v) is 8.33. The van der Waals surface area contributed by atoms with Gasteiger partial charge in [0, 0.05) is 11.1 Å². The summed E-state index contributed by atoms with van der Waals surface area (Å²) in [4.78, 5) is 30.1. The van der Waals surface area contributed by atoms with Crippen molar-refractivity contribution in [2.45, 2.75) is 0 Å². The molecule has 0 atom stereocenters. The molecular formula is C20H15N5O4. The second-order valence-corrected chi connectivity index (χ2v) is 5.75. The second-order valence-electron chi connectivity index (χ2n) is 5.75. The molecule has 0 saturated carbocycles. The van der Waals surface area contributed by atoms with Gasteiger partial charge in [-0.05, 0) is 18.2 Å². The van der Waals surface area contributed by atoms with Crippen LogP contribution in [0.15, 0.2) is 58.4 Å². The number of carboxylic acids is 1. The monoisotopic (exact) mass is 389 g/mol. The molecule has 29 heavy (non-hydrogen) atoms. The number of rotatable bonds is 6. The summed E-state index contributed by atoms with van der Waals surface area (Å²) in [7, 11) is 1.45. The molecule has 144 valence electrons. The van der Waals surface area contributed by atoms with Gasteiger partial charge in [-0.15, -0.1) is 0 Å². The number of anilines is 1. The summed E-state index contributed by atoms with van der Waals surface area (Å²) >= 11 is 0. The van der Waals surface area contributed by atoms with Crippen molar-refractivity contribution < 1.29 is 14.6 Å². The molecule has 0 aliphatic carbocycles. The van der Waals surface area contributed by atoms with E-state index in [0.29, 0.717) is 16.9 Å². The van der Waals surface area contributed by atoms with Gasteiger partial charge in [0.15, 0.2) is 0 Å². The zero-order chi connectivity index (χ0) is 20.8. The Kier molecular flexibility index (Phi) is 5.66. The number of aromatic carboxylic acids is 1. The number of aromatic amines is 1. The molecule has 2 aromatic carbocycles. The number of hydrogen-bond donors (Lipinski definition) is 3. The molecule has 3 N–H and O–H groups in total. The van der Waals surface area contributed by atoms with Crippen LogP contribution in [0.25, 0.3) is 11.3 Å². The summed E-state index contributed by atoms with van der Waals surface area (Å²) in [6.07, 6.45) is 1.34. The fourth-order valence-electron chi connectivity index (χ4n) is 2.57. The summed E-state index contributed by atoms with van der Waals surface area (Å²) in [6.45, 7) is 0. The lowest BCUT2D eigenvalue weighted by atomic mass is 10.1. The second kappa shape index (κ2) is 8.49. The van der Waals surface area contributed by atoms with Crippen molar-refractivity contribution in [3.05, 3.63) is 75.6 Å². The third-order valence-corrected chi connectivity index (χ3v) is 3.93. The molecule has 9 nitrogen and oxygen atoms in total. The number of hydrogen-bond acceptors (Lipinski definition) is 7. The highest BCUT2D eigenvalue weighted by molar-refractivity contribution is 5.92. The van der Waals surface area contributed by atoms with Gasteiger partial charge in [-0.25, -0.2) is 15.2 Å².